The first-order valence-corrected chi connectivity index (χ1v) is 14.1. The smallest absolute Gasteiger partial charge is 0.249 e. The van der Waals surface area contributed by atoms with Gasteiger partial charge in [0, 0.05) is 27.2 Å². The molecule has 3 atom stereocenters. The van der Waals surface area contributed by atoms with Gasteiger partial charge in [0.25, 0.3) is 0 Å². The van der Waals surface area contributed by atoms with Crippen LogP contribution in [0, 0.1) is 11.8 Å². The second-order valence-electron chi connectivity index (χ2n) is 9.74. The quantitative estimate of drug-likeness (QED) is 0.414. The van der Waals surface area contributed by atoms with Crippen LogP contribution in [0.3, 0.4) is 0 Å². The molecule has 1 saturated carbocycles. The molecule has 2 heterocycles. The minimum Gasteiger partial charge on any atom is -0.419 e. The molecular weight excluding hydrogens is 492 g/mol. The Morgan fingerprint density at radius 1 is 1.37 bits per heavy atom. The number of pyridine rings is 1. The Labute approximate surface area is 213 Å². The predicted octanol–water partition coefficient (Wildman–Crippen LogP) is 3.65. The van der Waals surface area contributed by atoms with Crippen LogP contribution in [0.1, 0.15) is 52.3 Å². The third kappa shape index (κ3) is 6.63. The summed E-state index contributed by atoms with van der Waals surface area (Å²) in [5.41, 5.74) is 6.06. The fourth-order valence-corrected chi connectivity index (χ4v) is 4.64. The normalized spacial score (nSPS) is 19.4. The van der Waals surface area contributed by atoms with Crippen LogP contribution in [0.15, 0.2) is 10.5 Å². The molecule has 10 nitrogen and oxygen atoms in total. The number of nitrogens with zero attached hydrogens (tertiary/aromatic N) is 5. The molecule has 2 aromatic heterocycles. The second kappa shape index (κ2) is 11.0. The van der Waals surface area contributed by atoms with E-state index in [1.54, 1.807) is 13.2 Å². The highest BCUT2D eigenvalue weighted by Crippen LogP contribution is 2.41. The van der Waals surface area contributed by atoms with Gasteiger partial charge < -0.3 is 19.8 Å². The lowest BCUT2D eigenvalue weighted by Gasteiger charge is -2.26. The van der Waals surface area contributed by atoms with Crippen molar-refractivity contribution in [1.29, 1.82) is 0 Å². The Hall–Kier alpha value is -1.95. The SMILES string of the molecule is CCCC[C@@](C)(N)c1nnc(-c2cc(N(CCOC)C[C@H]3C[C@@H]3C)nc(N(C)S(C)(=O)=O)c2Cl)o1. The highest BCUT2D eigenvalue weighted by molar-refractivity contribution is 7.92. The Morgan fingerprint density at radius 3 is 2.63 bits per heavy atom. The number of aromatic nitrogens is 3. The van der Waals surface area contributed by atoms with Crippen molar-refractivity contribution in [2.45, 2.75) is 52.0 Å². The van der Waals surface area contributed by atoms with Crippen molar-refractivity contribution < 1.29 is 17.6 Å². The lowest BCUT2D eigenvalue weighted by Crippen LogP contribution is -2.33. The van der Waals surface area contributed by atoms with E-state index in [0.717, 1.165) is 36.4 Å². The second-order valence-corrected chi connectivity index (χ2v) is 12.1. The number of hydrogen-bond donors (Lipinski definition) is 1. The van der Waals surface area contributed by atoms with Crippen LogP contribution in [-0.2, 0) is 20.3 Å². The molecule has 1 fully saturated rings. The van der Waals surface area contributed by atoms with Gasteiger partial charge in [-0.2, -0.15) is 0 Å². The number of unbranched alkanes of at least 4 members (excludes halogenated alkanes) is 1. The van der Waals surface area contributed by atoms with Crippen LogP contribution in [0.25, 0.3) is 11.5 Å². The molecule has 0 spiro atoms. The van der Waals surface area contributed by atoms with Gasteiger partial charge >= 0.3 is 0 Å². The Kier molecular flexibility index (Phi) is 8.67. The molecule has 196 valence electrons. The fraction of sp³-hybridized carbons (Fsp3) is 0.696. The van der Waals surface area contributed by atoms with Crippen molar-refractivity contribution in [1.82, 2.24) is 15.2 Å². The van der Waals surface area contributed by atoms with Crippen LogP contribution in [-0.4, -0.2) is 63.7 Å². The summed E-state index contributed by atoms with van der Waals surface area (Å²) in [7, 11) is -0.568. The molecule has 0 aromatic carbocycles. The average molecular weight is 529 g/mol. The first-order valence-electron chi connectivity index (χ1n) is 11.9. The maximum atomic E-state index is 12.4. The zero-order chi connectivity index (χ0) is 26.0. The largest absolute Gasteiger partial charge is 0.419 e. The van der Waals surface area contributed by atoms with Crippen LogP contribution < -0.4 is 14.9 Å². The van der Waals surface area contributed by atoms with E-state index in [2.05, 4.69) is 33.9 Å². The zero-order valence-corrected chi connectivity index (χ0v) is 23.0. The van der Waals surface area contributed by atoms with Gasteiger partial charge in [0.1, 0.15) is 5.82 Å². The third-order valence-corrected chi connectivity index (χ3v) is 8.08. The van der Waals surface area contributed by atoms with Gasteiger partial charge in [-0.1, -0.05) is 38.3 Å². The number of sulfonamides is 1. The van der Waals surface area contributed by atoms with Crippen molar-refractivity contribution in [2.24, 2.45) is 17.6 Å². The monoisotopic (exact) mass is 528 g/mol. The van der Waals surface area contributed by atoms with E-state index in [-0.39, 0.29) is 16.7 Å². The predicted molar refractivity (Wildman–Crippen MR) is 138 cm³/mol. The van der Waals surface area contributed by atoms with Gasteiger partial charge in [0.05, 0.1) is 29.0 Å². The summed E-state index contributed by atoms with van der Waals surface area (Å²) in [6.07, 6.45) is 4.84. The Morgan fingerprint density at radius 2 is 2.06 bits per heavy atom. The summed E-state index contributed by atoms with van der Waals surface area (Å²) >= 11 is 6.70. The number of halogens is 1. The summed E-state index contributed by atoms with van der Waals surface area (Å²) < 4.78 is 37.1. The zero-order valence-electron chi connectivity index (χ0n) is 21.4. The minimum atomic E-state index is -3.63. The van der Waals surface area contributed by atoms with E-state index >= 15 is 0 Å². The van der Waals surface area contributed by atoms with Gasteiger partial charge in [0.2, 0.25) is 21.8 Å². The maximum Gasteiger partial charge on any atom is 0.249 e. The van der Waals surface area contributed by atoms with E-state index in [1.165, 1.54) is 7.05 Å². The molecule has 12 heteroatoms. The molecule has 0 bridgehead atoms. The first kappa shape index (κ1) is 27.6. The number of methoxy groups -OCH3 is 1. The maximum absolute atomic E-state index is 12.4. The van der Waals surface area contributed by atoms with E-state index in [1.807, 2.05) is 6.92 Å². The molecular formula is C23H37ClN6O4S. The van der Waals surface area contributed by atoms with Gasteiger partial charge in [-0.05, 0) is 37.7 Å². The molecule has 1 aliphatic carbocycles. The molecule has 35 heavy (non-hydrogen) atoms. The van der Waals surface area contributed by atoms with Crippen LogP contribution in [0.4, 0.5) is 11.6 Å². The average Bonchev–Trinajstić information content (AvgIpc) is 3.26. The molecule has 2 aromatic rings. The molecule has 0 unspecified atom stereocenters. The van der Waals surface area contributed by atoms with Gasteiger partial charge in [-0.3, -0.25) is 4.31 Å². The number of rotatable bonds is 13. The van der Waals surface area contributed by atoms with Crippen molar-refractivity contribution in [2.75, 3.05) is 49.3 Å². The Balaban J connectivity index is 2.10. The molecule has 0 amide bonds. The Bertz CT molecular complexity index is 1120. The summed E-state index contributed by atoms with van der Waals surface area (Å²) in [6.45, 7) is 8.00. The van der Waals surface area contributed by atoms with E-state index in [9.17, 15) is 8.42 Å². The molecule has 0 saturated heterocycles. The van der Waals surface area contributed by atoms with Crippen molar-refractivity contribution in [3.63, 3.8) is 0 Å². The first-order chi connectivity index (χ1) is 16.4. The third-order valence-electron chi connectivity index (χ3n) is 6.54. The molecule has 1 aliphatic rings. The summed E-state index contributed by atoms with van der Waals surface area (Å²) in [5.74, 6) is 2.29. The van der Waals surface area contributed by atoms with Gasteiger partial charge in [0.15, 0.2) is 5.82 Å². The number of nitrogens with two attached hydrogens (primary N) is 1. The molecule has 2 N–H and O–H groups in total. The highest BCUT2D eigenvalue weighted by Gasteiger charge is 2.35. The molecule has 0 aliphatic heterocycles. The van der Waals surface area contributed by atoms with Crippen LogP contribution >= 0.6 is 11.6 Å². The molecule has 0 radical (unpaired) electrons. The van der Waals surface area contributed by atoms with Gasteiger partial charge in [-0.25, -0.2) is 13.4 Å². The standard InChI is InChI=1S/C23H37ClN6O4S/c1-7-8-9-23(3,25)22-28-27-21(34-22)17-13-18(26-20(19(17)24)29(4)35(6,31)32)30(10-11-33-5)14-16-12-15(16)2/h13,15-16H,7-12,14,25H2,1-6H3/t15-,16+,23+/m0/s1. The summed E-state index contributed by atoms with van der Waals surface area (Å²) in [6, 6.07) is 1.77. The van der Waals surface area contributed by atoms with Crippen molar-refractivity contribution >= 4 is 33.3 Å². The fourth-order valence-electron chi connectivity index (χ4n) is 3.84. The van der Waals surface area contributed by atoms with Gasteiger partial charge in [-0.15, -0.1) is 10.2 Å². The van der Waals surface area contributed by atoms with E-state index in [4.69, 9.17) is 26.5 Å². The van der Waals surface area contributed by atoms with E-state index in [0.29, 0.717) is 48.7 Å². The van der Waals surface area contributed by atoms with E-state index < -0.39 is 15.6 Å². The number of ether oxygens (including phenoxy) is 1. The number of hydrogen-bond acceptors (Lipinski definition) is 9. The van der Waals surface area contributed by atoms with Crippen LogP contribution in [0.5, 0.6) is 0 Å². The van der Waals surface area contributed by atoms with Crippen LogP contribution in [0.2, 0.25) is 5.02 Å². The number of anilines is 2. The minimum absolute atomic E-state index is 0.0918. The topological polar surface area (TPSA) is 128 Å². The lowest BCUT2D eigenvalue weighted by molar-refractivity contribution is 0.204. The summed E-state index contributed by atoms with van der Waals surface area (Å²) in [4.78, 5) is 6.74. The lowest BCUT2D eigenvalue weighted by atomic mass is 9.96. The summed E-state index contributed by atoms with van der Waals surface area (Å²) in [5, 5.41) is 8.51. The molecule has 3 rings (SSSR count). The van der Waals surface area contributed by atoms with Crippen molar-refractivity contribution in [3.8, 4) is 11.5 Å². The highest BCUT2D eigenvalue weighted by atomic mass is 35.5. The van der Waals surface area contributed by atoms with Crippen molar-refractivity contribution in [3.05, 3.63) is 17.0 Å².